The number of quaternary nitrogens is 1. The molecule has 1 saturated carbocycles. The number of rotatable bonds is 2. The second-order valence-corrected chi connectivity index (χ2v) is 5.33. The Bertz CT molecular complexity index is 182. The predicted molar refractivity (Wildman–Crippen MR) is 61.2 cm³/mol. The highest BCUT2D eigenvalue weighted by Crippen LogP contribution is 2.39. The Morgan fingerprint density at radius 2 is 1.57 bits per heavy atom. The van der Waals surface area contributed by atoms with E-state index < -0.39 is 0 Å². The van der Waals surface area contributed by atoms with Gasteiger partial charge in [0, 0.05) is 5.92 Å². The van der Waals surface area contributed by atoms with E-state index in [1.54, 1.807) is 0 Å². The van der Waals surface area contributed by atoms with Gasteiger partial charge < -0.3 is 4.48 Å². The fraction of sp³-hybridized carbons (Fsp3) is 1.00. The molecule has 2 aliphatic rings. The molecule has 1 saturated heterocycles. The van der Waals surface area contributed by atoms with Crippen molar-refractivity contribution in [2.45, 2.75) is 58.4 Å². The summed E-state index contributed by atoms with van der Waals surface area (Å²) in [6.07, 6.45) is 9.08. The van der Waals surface area contributed by atoms with Crippen molar-refractivity contribution in [3.63, 3.8) is 0 Å². The van der Waals surface area contributed by atoms with Crippen LogP contribution in [0.1, 0.15) is 52.4 Å². The van der Waals surface area contributed by atoms with Gasteiger partial charge in [-0.25, -0.2) is 0 Å². The van der Waals surface area contributed by atoms with Crippen LogP contribution in [-0.2, 0) is 0 Å². The lowest BCUT2D eigenvalue weighted by Gasteiger charge is -2.52. The molecule has 1 aliphatic heterocycles. The Labute approximate surface area is 89.1 Å². The molecule has 0 radical (unpaired) electrons. The van der Waals surface area contributed by atoms with E-state index in [2.05, 4.69) is 13.8 Å². The molecule has 1 nitrogen and oxygen atoms in total. The van der Waals surface area contributed by atoms with E-state index in [1.807, 2.05) is 0 Å². The number of likely N-dealkylation sites (tertiary alicyclic amines) is 1. The molecule has 2 unspecified atom stereocenters. The third-order valence-corrected chi connectivity index (χ3v) is 5.01. The molecule has 2 rings (SSSR count). The van der Waals surface area contributed by atoms with E-state index in [1.165, 1.54) is 62.6 Å². The fourth-order valence-electron chi connectivity index (χ4n) is 4.09. The molecule has 2 fully saturated rings. The molecular weight excluding hydrogens is 170 g/mol. The Kier molecular flexibility index (Phi) is 3.16. The van der Waals surface area contributed by atoms with Crippen LogP contribution in [-0.4, -0.2) is 30.2 Å². The SMILES string of the molecule is CC[N+]1(CC)CCCC2CCCCC21. The maximum absolute atomic E-state index is 2.40. The molecule has 0 aromatic carbocycles. The standard InChI is InChI=1S/C13H26N/c1-3-14(4-2)11-7-9-12-8-5-6-10-13(12)14/h12-13H,3-11H2,1-2H3/q+1. The second kappa shape index (κ2) is 4.22. The minimum absolute atomic E-state index is 1.03. The number of hydrogen-bond acceptors (Lipinski definition) is 0. The van der Waals surface area contributed by atoms with Crippen molar-refractivity contribution in [2.75, 3.05) is 19.6 Å². The molecule has 2 atom stereocenters. The minimum atomic E-state index is 1.03. The van der Waals surface area contributed by atoms with Crippen LogP contribution in [0, 0.1) is 5.92 Å². The van der Waals surface area contributed by atoms with Gasteiger partial charge in [0.15, 0.2) is 0 Å². The van der Waals surface area contributed by atoms with Crippen LogP contribution in [0.5, 0.6) is 0 Å². The average Bonchev–Trinajstić information content (AvgIpc) is 2.28. The molecule has 14 heavy (non-hydrogen) atoms. The van der Waals surface area contributed by atoms with Crippen molar-refractivity contribution in [2.24, 2.45) is 5.92 Å². The molecule has 0 N–H and O–H groups in total. The predicted octanol–water partition coefficient (Wildman–Crippen LogP) is 3.20. The summed E-state index contributed by atoms with van der Waals surface area (Å²) in [5, 5.41) is 0. The van der Waals surface area contributed by atoms with Gasteiger partial charge in [-0.2, -0.15) is 0 Å². The highest BCUT2D eigenvalue weighted by atomic mass is 15.4. The van der Waals surface area contributed by atoms with Gasteiger partial charge in [0.25, 0.3) is 0 Å². The van der Waals surface area contributed by atoms with Gasteiger partial charge in [-0.05, 0) is 46.0 Å². The largest absolute Gasteiger partial charge is 0.321 e. The van der Waals surface area contributed by atoms with E-state index in [0.717, 1.165) is 12.0 Å². The van der Waals surface area contributed by atoms with Crippen molar-refractivity contribution >= 4 is 0 Å². The first-order valence-corrected chi connectivity index (χ1v) is 6.68. The Morgan fingerprint density at radius 3 is 2.29 bits per heavy atom. The molecule has 0 aromatic heterocycles. The third-order valence-electron chi connectivity index (χ3n) is 5.01. The molecule has 0 spiro atoms. The summed E-state index contributed by atoms with van der Waals surface area (Å²) in [4.78, 5) is 0. The molecule has 1 heterocycles. The summed E-state index contributed by atoms with van der Waals surface area (Å²) in [6, 6.07) is 1.03. The smallest absolute Gasteiger partial charge is 0.0918 e. The first-order valence-electron chi connectivity index (χ1n) is 6.68. The van der Waals surface area contributed by atoms with Crippen molar-refractivity contribution < 1.29 is 4.48 Å². The maximum Gasteiger partial charge on any atom is 0.0918 e. The normalized spacial score (nSPS) is 36.4. The van der Waals surface area contributed by atoms with E-state index in [4.69, 9.17) is 0 Å². The summed E-state index contributed by atoms with van der Waals surface area (Å²) >= 11 is 0. The molecule has 1 aliphatic carbocycles. The number of fused-ring (bicyclic) bond motifs is 1. The van der Waals surface area contributed by atoms with E-state index >= 15 is 0 Å². The van der Waals surface area contributed by atoms with Crippen molar-refractivity contribution in [1.82, 2.24) is 0 Å². The quantitative estimate of drug-likeness (QED) is 0.595. The van der Waals surface area contributed by atoms with Crippen molar-refractivity contribution in [1.29, 1.82) is 0 Å². The van der Waals surface area contributed by atoms with Crippen molar-refractivity contribution in [3.8, 4) is 0 Å². The zero-order valence-electron chi connectivity index (χ0n) is 9.97. The molecule has 1 heteroatoms. The molecule has 0 amide bonds. The average molecular weight is 196 g/mol. The molecule has 82 valence electrons. The second-order valence-electron chi connectivity index (χ2n) is 5.33. The molecular formula is C13H26N+. The van der Waals surface area contributed by atoms with Crippen LogP contribution >= 0.6 is 0 Å². The Morgan fingerprint density at radius 1 is 0.929 bits per heavy atom. The lowest BCUT2D eigenvalue weighted by Crippen LogP contribution is -2.61. The summed E-state index contributed by atoms with van der Waals surface area (Å²) in [5.41, 5.74) is 0. The van der Waals surface area contributed by atoms with Gasteiger partial charge in [0.2, 0.25) is 0 Å². The summed E-state index contributed by atoms with van der Waals surface area (Å²) in [7, 11) is 0. The Hall–Kier alpha value is -0.0400. The molecule has 0 bridgehead atoms. The summed E-state index contributed by atoms with van der Waals surface area (Å²) < 4.78 is 1.45. The number of nitrogens with zero attached hydrogens (tertiary/aromatic N) is 1. The van der Waals surface area contributed by atoms with Crippen LogP contribution in [0.3, 0.4) is 0 Å². The van der Waals surface area contributed by atoms with Gasteiger partial charge in [-0.3, -0.25) is 0 Å². The highest BCUT2D eigenvalue weighted by molar-refractivity contribution is 4.80. The molecule has 0 aromatic rings. The topological polar surface area (TPSA) is 0 Å². The summed E-state index contributed by atoms with van der Waals surface area (Å²) in [5.74, 6) is 1.08. The summed E-state index contributed by atoms with van der Waals surface area (Å²) in [6.45, 7) is 9.02. The lowest BCUT2D eigenvalue weighted by molar-refractivity contribution is -0.957. The zero-order valence-corrected chi connectivity index (χ0v) is 9.97. The fourth-order valence-corrected chi connectivity index (χ4v) is 4.09. The van der Waals surface area contributed by atoms with Crippen LogP contribution in [0.4, 0.5) is 0 Å². The maximum atomic E-state index is 2.40. The number of piperidine rings is 1. The van der Waals surface area contributed by atoms with E-state index in [-0.39, 0.29) is 0 Å². The first-order chi connectivity index (χ1) is 6.82. The van der Waals surface area contributed by atoms with E-state index in [0.29, 0.717) is 0 Å². The monoisotopic (exact) mass is 196 g/mol. The van der Waals surface area contributed by atoms with E-state index in [9.17, 15) is 0 Å². The Balaban J connectivity index is 2.14. The zero-order chi connectivity index (χ0) is 10.0. The first kappa shape index (κ1) is 10.5. The van der Waals surface area contributed by atoms with Gasteiger partial charge in [-0.1, -0.05) is 6.42 Å². The highest BCUT2D eigenvalue weighted by Gasteiger charge is 2.43. The minimum Gasteiger partial charge on any atom is -0.321 e. The third kappa shape index (κ3) is 1.60. The van der Waals surface area contributed by atoms with Gasteiger partial charge >= 0.3 is 0 Å². The van der Waals surface area contributed by atoms with Gasteiger partial charge in [0.05, 0.1) is 25.7 Å². The van der Waals surface area contributed by atoms with Gasteiger partial charge in [0.1, 0.15) is 0 Å². The van der Waals surface area contributed by atoms with Crippen LogP contribution in [0.25, 0.3) is 0 Å². The number of hydrogen-bond donors (Lipinski definition) is 0. The van der Waals surface area contributed by atoms with Crippen LogP contribution in [0.2, 0.25) is 0 Å². The van der Waals surface area contributed by atoms with Crippen LogP contribution < -0.4 is 0 Å². The lowest BCUT2D eigenvalue weighted by atomic mass is 9.76. The van der Waals surface area contributed by atoms with Crippen LogP contribution in [0.15, 0.2) is 0 Å². The van der Waals surface area contributed by atoms with Gasteiger partial charge in [-0.15, -0.1) is 0 Å². The van der Waals surface area contributed by atoms with Crippen molar-refractivity contribution in [3.05, 3.63) is 0 Å².